The summed E-state index contributed by atoms with van der Waals surface area (Å²) in [6.45, 7) is 1.26. The zero-order valence-electron chi connectivity index (χ0n) is 11.5. The van der Waals surface area contributed by atoms with Gasteiger partial charge in [-0.05, 0) is 0 Å². The number of carbonyl (C=O) groups excluding carboxylic acids is 1. The molecule has 0 atom stereocenters. The lowest BCUT2D eigenvalue weighted by Crippen LogP contribution is -2.33. The monoisotopic (exact) mass is 286 g/mol. The topological polar surface area (TPSA) is 94.3 Å². The van der Waals surface area contributed by atoms with Gasteiger partial charge >= 0.3 is 0 Å². The summed E-state index contributed by atoms with van der Waals surface area (Å²) in [5.41, 5.74) is 1.16. The molecule has 0 unspecified atom stereocenters. The van der Waals surface area contributed by atoms with Crippen LogP contribution in [0.25, 0.3) is 6.08 Å². The van der Waals surface area contributed by atoms with Crippen LogP contribution in [0.4, 0.5) is 11.6 Å². The average molecular weight is 286 g/mol. The second-order valence-electron chi connectivity index (χ2n) is 4.50. The minimum Gasteiger partial charge on any atom is -0.383 e. The molecule has 1 aliphatic rings. The molecule has 1 amide bonds. The molecule has 2 aromatic rings. The van der Waals surface area contributed by atoms with Crippen molar-refractivity contribution in [3.8, 4) is 0 Å². The summed E-state index contributed by atoms with van der Waals surface area (Å²) in [6, 6.07) is 0. The molecule has 1 aliphatic heterocycles. The molecule has 8 nitrogen and oxygen atoms in total. The summed E-state index contributed by atoms with van der Waals surface area (Å²) in [5.74, 6) is 0.187. The fourth-order valence-corrected chi connectivity index (χ4v) is 1.90. The Hall–Kier alpha value is -2.61. The predicted octanol–water partition coefficient (Wildman–Crippen LogP) is -0.607. The van der Waals surface area contributed by atoms with E-state index in [1.54, 1.807) is 30.3 Å². The fraction of sp³-hybridized carbons (Fsp3) is 0.308. The van der Waals surface area contributed by atoms with E-state index in [2.05, 4.69) is 25.4 Å². The van der Waals surface area contributed by atoms with Crippen molar-refractivity contribution in [1.29, 1.82) is 0 Å². The Balaban J connectivity index is 1.80. The van der Waals surface area contributed by atoms with Crippen molar-refractivity contribution in [1.82, 2.24) is 19.7 Å². The number of fused-ring (bicyclic) bond motifs is 1. The van der Waals surface area contributed by atoms with Crippen LogP contribution in [0.15, 0.2) is 23.6 Å². The Morgan fingerprint density at radius 1 is 1.43 bits per heavy atom. The highest BCUT2D eigenvalue weighted by Gasteiger charge is 2.06. The van der Waals surface area contributed by atoms with Crippen molar-refractivity contribution in [3.05, 3.63) is 29.3 Å². The third-order valence-corrected chi connectivity index (χ3v) is 2.94. The first-order valence-electron chi connectivity index (χ1n) is 6.48. The minimum atomic E-state index is -0.195. The Kier molecular flexibility index (Phi) is 3.69. The molecule has 3 heterocycles. The van der Waals surface area contributed by atoms with Crippen LogP contribution in [0, 0.1) is 0 Å². The fourth-order valence-electron chi connectivity index (χ4n) is 1.90. The molecule has 1 N–H and O–H groups in total. The van der Waals surface area contributed by atoms with Crippen LogP contribution in [0.2, 0.25) is 0 Å². The number of nitrogens with one attached hydrogen (secondary N) is 1. The first-order valence-corrected chi connectivity index (χ1v) is 6.48. The quantitative estimate of drug-likeness (QED) is 0.788. The number of hydrogen-bond donors (Lipinski definition) is 1. The van der Waals surface area contributed by atoms with Gasteiger partial charge < -0.3 is 10.1 Å². The van der Waals surface area contributed by atoms with E-state index in [0.717, 1.165) is 10.9 Å². The number of carbonyl (C=O) groups is 1. The Labute approximate surface area is 120 Å². The summed E-state index contributed by atoms with van der Waals surface area (Å²) >= 11 is 0. The standard InChI is InChI=1S/C13H14N6O2/c1-21-5-4-19-8-10(7-15-19)16-13-14-6-9-2-3-11(20)17-12(9)18-13/h2,6-8H,3-5H2,1H3,(H,16,17,18,20). The zero-order valence-corrected chi connectivity index (χ0v) is 11.5. The van der Waals surface area contributed by atoms with Crippen LogP contribution >= 0.6 is 0 Å². The van der Waals surface area contributed by atoms with E-state index >= 15 is 0 Å². The van der Waals surface area contributed by atoms with E-state index < -0.39 is 0 Å². The van der Waals surface area contributed by atoms with Gasteiger partial charge in [-0.15, -0.1) is 0 Å². The smallest absolute Gasteiger partial charge is 0.251 e. The van der Waals surface area contributed by atoms with Crippen LogP contribution in [0.1, 0.15) is 6.42 Å². The maximum absolute atomic E-state index is 11.3. The van der Waals surface area contributed by atoms with E-state index in [1.165, 1.54) is 0 Å². The van der Waals surface area contributed by atoms with E-state index in [4.69, 9.17) is 4.74 Å². The number of aromatic nitrogens is 4. The molecule has 108 valence electrons. The van der Waals surface area contributed by atoms with Gasteiger partial charge in [0.15, 0.2) is 5.49 Å². The summed E-state index contributed by atoms with van der Waals surface area (Å²) in [7, 11) is 1.64. The van der Waals surface area contributed by atoms with Gasteiger partial charge in [0.25, 0.3) is 5.91 Å². The maximum Gasteiger partial charge on any atom is 0.251 e. The van der Waals surface area contributed by atoms with E-state index in [1.807, 2.05) is 6.20 Å². The molecular weight excluding hydrogens is 272 g/mol. The minimum absolute atomic E-state index is 0.195. The Morgan fingerprint density at radius 3 is 3.19 bits per heavy atom. The summed E-state index contributed by atoms with van der Waals surface area (Å²) in [5, 5.41) is 7.99. The molecule has 0 saturated carbocycles. The number of ether oxygens (including phenoxy) is 1. The van der Waals surface area contributed by atoms with Gasteiger partial charge in [0.1, 0.15) is 0 Å². The second-order valence-corrected chi connectivity index (χ2v) is 4.50. The largest absolute Gasteiger partial charge is 0.383 e. The lowest BCUT2D eigenvalue weighted by molar-refractivity contribution is -0.117. The van der Waals surface area contributed by atoms with Crippen LogP contribution in [-0.2, 0) is 16.1 Å². The van der Waals surface area contributed by atoms with Gasteiger partial charge in [-0.3, -0.25) is 9.48 Å². The average Bonchev–Trinajstić information content (AvgIpc) is 2.92. The number of methoxy groups -OCH3 is 1. The first kappa shape index (κ1) is 13.4. The van der Waals surface area contributed by atoms with E-state index in [0.29, 0.717) is 31.0 Å². The molecule has 3 rings (SSSR count). The van der Waals surface area contributed by atoms with Gasteiger partial charge in [-0.1, -0.05) is 6.08 Å². The van der Waals surface area contributed by atoms with Gasteiger partial charge in [-0.2, -0.15) is 15.1 Å². The SMILES string of the molecule is COCCn1cc(Nc2ncc3c(n2)=NC(=O)CC=3)cn1. The van der Waals surface area contributed by atoms with Crippen molar-refractivity contribution in [2.24, 2.45) is 4.99 Å². The molecule has 0 aromatic carbocycles. The molecule has 0 bridgehead atoms. The summed E-state index contributed by atoms with van der Waals surface area (Å²) in [4.78, 5) is 23.6. The summed E-state index contributed by atoms with van der Waals surface area (Å²) < 4.78 is 6.75. The van der Waals surface area contributed by atoms with Crippen molar-refractivity contribution in [3.63, 3.8) is 0 Å². The van der Waals surface area contributed by atoms with Crippen LogP contribution < -0.4 is 16.0 Å². The van der Waals surface area contributed by atoms with Gasteiger partial charge in [-0.25, -0.2) is 4.98 Å². The van der Waals surface area contributed by atoms with Gasteiger partial charge in [0, 0.05) is 31.1 Å². The van der Waals surface area contributed by atoms with Crippen LogP contribution in [0.3, 0.4) is 0 Å². The van der Waals surface area contributed by atoms with Crippen LogP contribution in [-0.4, -0.2) is 39.4 Å². The highest BCUT2D eigenvalue weighted by Crippen LogP contribution is 2.09. The number of rotatable bonds is 5. The maximum atomic E-state index is 11.3. The molecule has 0 radical (unpaired) electrons. The Bertz CT molecular complexity index is 782. The molecule has 0 fully saturated rings. The zero-order chi connectivity index (χ0) is 14.7. The van der Waals surface area contributed by atoms with Crippen molar-refractivity contribution in [2.75, 3.05) is 19.0 Å². The molecule has 21 heavy (non-hydrogen) atoms. The highest BCUT2D eigenvalue weighted by atomic mass is 16.5. The van der Waals surface area contributed by atoms with Crippen molar-refractivity contribution < 1.29 is 9.53 Å². The van der Waals surface area contributed by atoms with E-state index in [9.17, 15) is 4.79 Å². The third-order valence-electron chi connectivity index (χ3n) is 2.94. The normalized spacial score (nSPS) is 13.3. The van der Waals surface area contributed by atoms with Crippen molar-refractivity contribution >= 4 is 23.6 Å². The molecule has 0 spiro atoms. The van der Waals surface area contributed by atoms with E-state index in [-0.39, 0.29) is 5.91 Å². The van der Waals surface area contributed by atoms with Gasteiger partial charge in [0.05, 0.1) is 25.0 Å². The molecular formula is C13H14N6O2. The lowest BCUT2D eigenvalue weighted by atomic mass is 10.3. The second kappa shape index (κ2) is 5.80. The number of nitrogens with zero attached hydrogens (tertiary/aromatic N) is 5. The number of amides is 1. The molecule has 0 saturated heterocycles. The van der Waals surface area contributed by atoms with Crippen LogP contribution in [0.5, 0.6) is 0 Å². The molecule has 8 heteroatoms. The number of anilines is 2. The predicted molar refractivity (Wildman–Crippen MR) is 74.3 cm³/mol. The Morgan fingerprint density at radius 2 is 2.33 bits per heavy atom. The first-order chi connectivity index (χ1) is 10.2. The van der Waals surface area contributed by atoms with Crippen molar-refractivity contribution in [2.45, 2.75) is 13.0 Å². The number of hydrogen-bond acceptors (Lipinski definition) is 6. The van der Waals surface area contributed by atoms with Gasteiger partial charge in [0.2, 0.25) is 5.95 Å². The third kappa shape index (κ3) is 3.11. The molecule has 2 aromatic heterocycles. The molecule has 0 aliphatic carbocycles. The lowest BCUT2D eigenvalue weighted by Gasteiger charge is -2.03. The summed E-state index contributed by atoms with van der Waals surface area (Å²) in [6.07, 6.45) is 7.23. The highest BCUT2D eigenvalue weighted by molar-refractivity contribution is 5.82.